The third kappa shape index (κ3) is 2.52. The maximum absolute atomic E-state index is 11.0. The van der Waals surface area contributed by atoms with Crippen LogP contribution in [0.5, 0.6) is 0 Å². The van der Waals surface area contributed by atoms with Gasteiger partial charge in [0.05, 0.1) is 11.4 Å². The van der Waals surface area contributed by atoms with Crippen LogP contribution in [0, 0.1) is 5.92 Å². The molecule has 1 aliphatic rings. The van der Waals surface area contributed by atoms with Gasteiger partial charge in [0, 0.05) is 11.1 Å². The van der Waals surface area contributed by atoms with Crippen molar-refractivity contribution in [1.29, 1.82) is 0 Å². The molecule has 0 bridgehead atoms. The Bertz CT molecular complexity index is 450. The molecule has 1 saturated carbocycles. The maximum atomic E-state index is 11.0. The smallest absolute Gasteiger partial charge is 0.248 e. The summed E-state index contributed by atoms with van der Waals surface area (Å²) in [6.07, 6.45) is 2.53. The van der Waals surface area contributed by atoms with Gasteiger partial charge < -0.3 is 16.8 Å². The second-order valence-electron chi connectivity index (χ2n) is 5.29. The van der Waals surface area contributed by atoms with Crippen molar-refractivity contribution < 1.29 is 4.79 Å². The van der Waals surface area contributed by atoms with Crippen LogP contribution in [0.3, 0.4) is 0 Å². The molecular formula is C13H19N3O. The van der Waals surface area contributed by atoms with E-state index in [0.717, 1.165) is 5.69 Å². The lowest BCUT2D eigenvalue weighted by Gasteiger charge is -2.28. The van der Waals surface area contributed by atoms with E-state index >= 15 is 0 Å². The number of anilines is 2. The van der Waals surface area contributed by atoms with Gasteiger partial charge in [-0.2, -0.15) is 0 Å². The Hall–Kier alpha value is -1.71. The SMILES string of the molecule is CC(C)(Nc1ccc(C(N)=O)cc1N)C1CC1. The molecule has 4 nitrogen and oxygen atoms in total. The molecule has 4 heteroatoms. The maximum Gasteiger partial charge on any atom is 0.248 e. The average Bonchev–Trinajstić information content (AvgIpc) is 3.04. The van der Waals surface area contributed by atoms with Gasteiger partial charge in [-0.05, 0) is 50.8 Å². The highest BCUT2D eigenvalue weighted by Crippen LogP contribution is 2.41. The van der Waals surface area contributed by atoms with Crippen molar-refractivity contribution in [1.82, 2.24) is 0 Å². The molecule has 1 aromatic carbocycles. The summed E-state index contributed by atoms with van der Waals surface area (Å²) in [4.78, 5) is 11.0. The third-order valence-corrected chi connectivity index (χ3v) is 3.39. The van der Waals surface area contributed by atoms with Crippen LogP contribution in [0.2, 0.25) is 0 Å². The second kappa shape index (κ2) is 3.95. The van der Waals surface area contributed by atoms with Crippen LogP contribution in [0.25, 0.3) is 0 Å². The van der Waals surface area contributed by atoms with Crippen LogP contribution >= 0.6 is 0 Å². The minimum Gasteiger partial charge on any atom is -0.397 e. The summed E-state index contributed by atoms with van der Waals surface area (Å²) in [6, 6.07) is 5.14. The third-order valence-electron chi connectivity index (χ3n) is 3.39. The van der Waals surface area contributed by atoms with Crippen LogP contribution in [0.15, 0.2) is 18.2 Å². The van der Waals surface area contributed by atoms with Gasteiger partial charge in [-0.3, -0.25) is 4.79 Å². The fraction of sp³-hybridized carbons (Fsp3) is 0.462. The molecule has 0 aliphatic heterocycles. The minimum atomic E-state index is -0.454. The zero-order chi connectivity index (χ0) is 12.6. The van der Waals surface area contributed by atoms with Crippen molar-refractivity contribution in [2.24, 2.45) is 11.7 Å². The first kappa shape index (κ1) is 11.8. The summed E-state index contributed by atoms with van der Waals surface area (Å²) in [5.41, 5.74) is 13.0. The molecule has 0 atom stereocenters. The van der Waals surface area contributed by atoms with E-state index in [9.17, 15) is 4.79 Å². The highest BCUT2D eigenvalue weighted by atomic mass is 16.1. The number of rotatable bonds is 4. The van der Waals surface area contributed by atoms with E-state index in [1.807, 2.05) is 6.07 Å². The van der Waals surface area contributed by atoms with E-state index in [0.29, 0.717) is 17.2 Å². The van der Waals surface area contributed by atoms with Crippen molar-refractivity contribution in [3.8, 4) is 0 Å². The molecule has 1 aliphatic carbocycles. The number of hydrogen-bond acceptors (Lipinski definition) is 3. The topological polar surface area (TPSA) is 81.1 Å². The number of hydrogen-bond donors (Lipinski definition) is 3. The number of nitrogens with one attached hydrogen (secondary N) is 1. The highest BCUT2D eigenvalue weighted by Gasteiger charge is 2.37. The summed E-state index contributed by atoms with van der Waals surface area (Å²) < 4.78 is 0. The number of nitrogen functional groups attached to an aromatic ring is 1. The van der Waals surface area contributed by atoms with Crippen LogP contribution < -0.4 is 16.8 Å². The van der Waals surface area contributed by atoms with Crippen LogP contribution in [0.1, 0.15) is 37.0 Å². The Labute approximate surface area is 101 Å². The van der Waals surface area contributed by atoms with E-state index in [1.54, 1.807) is 12.1 Å². The lowest BCUT2D eigenvalue weighted by Crippen LogP contribution is -2.33. The van der Waals surface area contributed by atoms with E-state index < -0.39 is 5.91 Å². The lowest BCUT2D eigenvalue weighted by molar-refractivity contribution is 0.100. The van der Waals surface area contributed by atoms with Gasteiger partial charge >= 0.3 is 0 Å². The second-order valence-corrected chi connectivity index (χ2v) is 5.29. The number of amides is 1. The fourth-order valence-corrected chi connectivity index (χ4v) is 2.08. The number of nitrogens with two attached hydrogens (primary N) is 2. The summed E-state index contributed by atoms with van der Waals surface area (Å²) in [5.74, 6) is 0.252. The highest BCUT2D eigenvalue weighted by molar-refractivity contribution is 5.94. The summed E-state index contributed by atoms with van der Waals surface area (Å²) in [7, 11) is 0. The predicted molar refractivity (Wildman–Crippen MR) is 69.8 cm³/mol. The molecule has 17 heavy (non-hydrogen) atoms. The number of carbonyl (C=O) groups excluding carboxylic acids is 1. The van der Waals surface area contributed by atoms with Crippen molar-refractivity contribution in [3.05, 3.63) is 23.8 Å². The standard InChI is InChI=1S/C13H19N3O/c1-13(2,9-4-5-9)16-11-6-3-8(12(15)17)7-10(11)14/h3,6-7,9,16H,4-5,14H2,1-2H3,(H2,15,17). The molecule has 2 rings (SSSR count). The first-order chi connectivity index (χ1) is 7.90. The van der Waals surface area contributed by atoms with Gasteiger partial charge in [0.2, 0.25) is 5.91 Å². The summed E-state index contributed by atoms with van der Waals surface area (Å²) in [6.45, 7) is 4.35. The Balaban J connectivity index is 2.19. The average molecular weight is 233 g/mol. The quantitative estimate of drug-likeness (QED) is 0.695. The van der Waals surface area contributed by atoms with Crippen LogP contribution in [-0.4, -0.2) is 11.4 Å². The molecule has 1 fully saturated rings. The molecular weight excluding hydrogens is 214 g/mol. The summed E-state index contributed by atoms with van der Waals surface area (Å²) in [5, 5.41) is 3.44. The molecule has 0 radical (unpaired) electrons. The molecule has 0 unspecified atom stereocenters. The largest absolute Gasteiger partial charge is 0.397 e. The van der Waals surface area contributed by atoms with Gasteiger partial charge in [-0.15, -0.1) is 0 Å². The van der Waals surface area contributed by atoms with Crippen molar-refractivity contribution in [3.63, 3.8) is 0 Å². The normalized spacial score (nSPS) is 15.6. The van der Waals surface area contributed by atoms with Crippen molar-refractivity contribution in [2.75, 3.05) is 11.1 Å². The van der Waals surface area contributed by atoms with Gasteiger partial charge in [-0.1, -0.05) is 0 Å². The summed E-state index contributed by atoms with van der Waals surface area (Å²) >= 11 is 0. The van der Waals surface area contributed by atoms with Crippen LogP contribution in [-0.2, 0) is 0 Å². The molecule has 0 aromatic heterocycles. The first-order valence-corrected chi connectivity index (χ1v) is 5.87. The zero-order valence-electron chi connectivity index (χ0n) is 10.3. The monoisotopic (exact) mass is 233 g/mol. The fourth-order valence-electron chi connectivity index (χ4n) is 2.08. The Morgan fingerprint density at radius 3 is 2.53 bits per heavy atom. The van der Waals surface area contributed by atoms with Gasteiger partial charge in [0.1, 0.15) is 0 Å². The molecule has 5 N–H and O–H groups in total. The Morgan fingerprint density at radius 1 is 1.41 bits per heavy atom. The van der Waals surface area contributed by atoms with Crippen molar-refractivity contribution >= 4 is 17.3 Å². The predicted octanol–water partition coefficient (Wildman–Crippen LogP) is 1.97. The molecule has 1 amide bonds. The Morgan fingerprint density at radius 2 is 2.06 bits per heavy atom. The number of primary amides is 1. The molecule has 0 spiro atoms. The number of carbonyl (C=O) groups is 1. The molecule has 1 aromatic rings. The first-order valence-electron chi connectivity index (χ1n) is 5.87. The molecule has 0 heterocycles. The molecule has 0 saturated heterocycles. The van der Waals surface area contributed by atoms with Crippen LogP contribution in [0.4, 0.5) is 11.4 Å². The van der Waals surface area contributed by atoms with Gasteiger partial charge in [-0.25, -0.2) is 0 Å². The van der Waals surface area contributed by atoms with Gasteiger partial charge in [0.25, 0.3) is 0 Å². The van der Waals surface area contributed by atoms with Gasteiger partial charge in [0.15, 0.2) is 0 Å². The van der Waals surface area contributed by atoms with Crippen molar-refractivity contribution in [2.45, 2.75) is 32.2 Å². The van der Waals surface area contributed by atoms with E-state index in [4.69, 9.17) is 11.5 Å². The molecule has 92 valence electrons. The minimum absolute atomic E-state index is 0.0440. The Kier molecular flexibility index (Phi) is 2.73. The van der Waals surface area contributed by atoms with E-state index in [2.05, 4.69) is 19.2 Å². The number of benzene rings is 1. The zero-order valence-corrected chi connectivity index (χ0v) is 10.3. The van der Waals surface area contributed by atoms with E-state index in [1.165, 1.54) is 12.8 Å². The lowest BCUT2D eigenvalue weighted by atomic mass is 9.98. The van der Waals surface area contributed by atoms with E-state index in [-0.39, 0.29) is 5.54 Å².